The quantitative estimate of drug-likeness (QED) is 0.672. The smallest absolute Gasteiger partial charge is 0.179 e. The third-order valence-electron chi connectivity index (χ3n) is 3.74. The molecule has 1 saturated carbocycles. The molecule has 1 fully saturated rings. The van der Waals surface area contributed by atoms with Crippen molar-refractivity contribution in [3.8, 4) is 0 Å². The summed E-state index contributed by atoms with van der Waals surface area (Å²) in [6, 6.07) is 2.24. The van der Waals surface area contributed by atoms with Crippen LogP contribution in [-0.4, -0.2) is 29.8 Å². The van der Waals surface area contributed by atoms with Crippen molar-refractivity contribution in [1.29, 1.82) is 0 Å². The number of thiophene rings is 1. The van der Waals surface area contributed by atoms with Crippen LogP contribution in [0.25, 0.3) is 0 Å². The lowest BCUT2D eigenvalue weighted by atomic mass is 10.1. The van der Waals surface area contributed by atoms with Crippen molar-refractivity contribution < 1.29 is 4.79 Å². The molecule has 1 aromatic heterocycles. The van der Waals surface area contributed by atoms with Gasteiger partial charge in [0.25, 0.3) is 0 Å². The molecule has 2 rings (SSSR count). The number of hydrogen-bond donors (Lipinski definition) is 0. The molecule has 0 bridgehead atoms. The van der Waals surface area contributed by atoms with Crippen LogP contribution in [0.5, 0.6) is 0 Å². The van der Waals surface area contributed by atoms with Crippen LogP contribution in [0, 0.1) is 5.92 Å². The van der Waals surface area contributed by atoms with Crippen molar-refractivity contribution in [1.82, 2.24) is 4.90 Å². The van der Waals surface area contributed by atoms with Crippen LogP contribution in [0.4, 0.5) is 0 Å². The highest BCUT2D eigenvalue weighted by atomic mass is 35.5. The molecule has 0 unspecified atom stereocenters. The third kappa shape index (κ3) is 4.20. The van der Waals surface area contributed by atoms with Crippen LogP contribution in [0.15, 0.2) is 6.07 Å². The van der Waals surface area contributed by atoms with E-state index in [1.807, 2.05) is 0 Å². The summed E-state index contributed by atoms with van der Waals surface area (Å²) >= 11 is 13.3. The number of hydrogen-bond acceptors (Lipinski definition) is 3. The summed E-state index contributed by atoms with van der Waals surface area (Å²) in [5, 5.41) is 0. The molecule has 0 aromatic carbocycles. The zero-order valence-corrected chi connectivity index (χ0v) is 14.3. The summed E-state index contributed by atoms with van der Waals surface area (Å²) in [4.78, 5) is 14.8. The molecule has 2 nitrogen and oxygen atoms in total. The van der Waals surface area contributed by atoms with E-state index in [1.165, 1.54) is 37.0 Å². The highest BCUT2D eigenvalue weighted by Crippen LogP contribution is 2.32. The van der Waals surface area contributed by atoms with Gasteiger partial charge in [-0.3, -0.25) is 9.69 Å². The van der Waals surface area contributed by atoms with Crippen molar-refractivity contribution in [2.24, 2.45) is 5.92 Å². The Balaban J connectivity index is 2.06. The largest absolute Gasteiger partial charge is 0.293 e. The molecule has 0 saturated heterocycles. The van der Waals surface area contributed by atoms with Crippen LogP contribution < -0.4 is 0 Å². The van der Waals surface area contributed by atoms with E-state index >= 15 is 0 Å². The molecule has 5 heteroatoms. The predicted octanol–water partition coefficient (Wildman–Crippen LogP) is 5.14. The zero-order chi connectivity index (χ0) is 14.7. The molecule has 0 amide bonds. The Hall–Kier alpha value is -0.0900. The summed E-state index contributed by atoms with van der Waals surface area (Å²) in [5.74, 6) is 0.649. The summed E-state index contributed by atoms with van der Waals surface area (Å²) < 4.78 is 1.09. The van der Waals surface area contributed by atoms with E-state index in [4.69, 9.17) is 23.2 Å². The molecule has 1 aliphatic carbocycles. The molecule has 1 aromatic rings. The molecule has 20 heavy (non-hydrogen) atoms. The molecular weight excluding hydrogens is 313 g/mol. The summed E-state index contributed by atoms with van der Waals surface area (Å²) in [6.45, 7) is 5.81. The van der Waals surface area contributed by atoms with Crippen LogP contribution in [0.1, 0.15) is 49.9 Å². The maximum absolute atomic E-state index is 12.4. The zero-order valence-electron chi connectivity index (χ0n) is 12.0. The molecule has 0 radical (unpaired) electrons. The number of Topliss-reactive ketones (excluding diaryl/α,β-unsaturated/α-hetero) is 1. The van der Waals surface area contributed by atoms with E-state index in [-0.39, 0.29) is 5.78 Å². The van der Waals surface area contributed by atoms with Gasteiger partial charge in [0, 0.05) is 12.6 Å². The molecule has 0 aliphatic heterocycles. The van der Waals surface area contributed by atoms with Gasteiger partial charge in [-0.05, 0) is 24.8 Å². The van der Waals surface area contributed by atoms with Crippen molar-refractivity contribution >= 4 is 40.3 Å². The third-order valence-corrected chi connectivity index (χ3v) is 5.23. The minimum Gasteiger partial charge on any atom is -0.293 e. The van der Waals surface area contributed by atoms with Crippen molar-refractivity contribution in [3.63, 3.8) is 0 Å². The van der Waals surface area contributed by atoms with Gasteiger partial charge < -0.3 is 0 Å². The maximum atomic E-state index is 12.4. The van der Waals surface area contributed by atoms with Crippen LogP contribution >= 0.6 is 34.5 Å². The number of halogens is 2. The Morgan fingerprint density at radius 2 is 2.05 bits per heavy atom. The van der Waals surface area contributed by atoms with Gasteiger partial charge in [-0.25, -0.2) is 0 Å². The maximum Gasteiger partial charge on any atom is 0.179 e. The van der Waals surface area contributed by atoms with E-state index in [2.05, 4.69) is 18.7 Å². The van der Waals surface area contributed by atoms with E-state index in [9.17, 15) is 4.79 Å². The van der Waals surface area contributed by atoms with E-state index in [1.54, 1.807) is 6.07 Å². The first kappa shape index (κ1) is 16.3. The van der Waals surface area contributed by atoms with Gasteiger partial charge in [0.2, 0.25) is 0 Å². The minimum absolute atomic E-state index is 0.0886. The van der Waals surface area contributed by atoms with Crippen LogP contribution in [-0.2, 0) is 0 Å². The van der Waals surface area contributed by atoms with Crippen LogP contribution in [0.3, 0.4) is 0 Å². The standard InChI is InChI=1S/C15H21Cl2NOS/c1-10(2)8-18(11-5-3-4-6-11)9-13(19)12-7-14(16)20-15(12)17/h7,10-11H,3-6,8-9H2,1-2H3. The lowest BCUT2D eigenvalue weighted by Gasteiger charge is -2.29. The molecular formula is C15H21Cl2NOS. The van der Waals surface area contributed by atoms with Crippen molar-refractivity contribution in [2.75, 3.05) is 13.1 Å². The van der Waals surface area contributed by atoms with E-state index < -0.39 is 0 Å². The molecule has 1 aliphatic rings. The molecule has 0 N–H and O–H groups in total. The number of ketones is 1. The monoisotopic (exact) mass is 333 g/mol. The lowest BCUT2D eigenvalue weighted by molar-refractivity contribution is 0.0877. The average Bonchev–Trinajstić information content (AvgIpc) is 2.97. The highest BCUT2D eigenvalue weighted by molar-refractivity contribution is 7.20. The van der Waals surface area contributed by atoms with Gasteiger partial charge in [0.05, 0.1) is 16.4 Å². The van der Waals surface area contributed by atoms with E-state index in [0.717, 1.165) is 6.54 Å². The fourth-order valence-corrected chi connectivity index (χ4v) is 4.38. The predicted molar refractivity (Wildman–Crippen MR) is 87.3 cm³/mol. The van der Waals surface area contributed by atoms with Gasteiger partial charge in [-0.15, -0.1) is 11.3 Å². The fraction of sp³-hybridized carbons (Fsp3) is 0.667. The normalized spacial score (nSPS) is 16.5. The molecule has 0 atom stereocenters. The van der Waals surface area contributed by atoms with E-state index in [0.29, 0.717) is 32.7 Å². The Morgan fingerprint density at radius 3 is 2.55 bits per heavy atom. The highest BCUT2D eigenvalue weighted by Gasteiger charge is 2.26. The summed E-state index contributed by atoms with van der Waals surface area (Å²) in [7, 11) is 0. The van der Waals surface area contributed by atoms with Crippen molar-refractivity contribution in [2.45, 2.75) is 45.6 Å². The first-order chi connectivity index (χ1) is 9.47. The minimum atomic E-state index is 0.0886. The average molecular weight is 334 g/mol. The fourth-order valence-electron chi connectivity index (χ4n) is 2.88. The molecule has 1 heterocycles. The van der Waals surface area contributed by atoms with Crippen molar-refractivity contribution in [3.05, 3.63) is 20.3 Å². The number of carbonyl (C=O) groups excluding carboxylic acids is 1. The van der Waals surface area contributed by atoms with Gasteiger partial charge >= 0.3 is 0 Å². The Labute approximate surface area is 135 Å². The SMILES string of the molecule is CC(C)CN(CC(=O)c1cc(Cl)sc1Cl)C1CCCC1. The van der Waals surface area contributed by atoms with Crippen LogP contribution in [0.2, 0.25) is 8.67 Å². The second-order valence-corrected chi connectivity index (χ2v) is 8.21. The Bertz CT molecular complexity index is 466. The first-order valence-electron chi connectivity index (χ1n) is 7.19. The van der Waals surface area contributed by atoms with Gasteiger partial charge in [-0.2, -0.15) is 0 Å². The van der Waals surface area contributed by atoms with Gasteiger partial charge in [-0.1, -0.05) is 49.9 Å². The Morgan fingerprint density at radius 1 is 1.40 bits per heavy atom. The second kappa shape index (κ2) is 7.26. The lowest BCUT2D eigenvalue weighted by Crippen LogP contribution is -2.40. The summed E-state index contributed by atoms with van der Waals surface area (Å²) in [5.41, 5.74) is 0.577. The Kier molecular flexibility index (Phi) is 5.91. The number of carbonyl (C=O) groups is 1. The molecule has 112 valence electrons. The molecule has 0 spiro atoms. The number of rotatable bonds is 6. The topological polar surface area (TPSA) is 20.3 Å². The second-order valence-electron chi connectivity index (χ2n) is 5.92. The van der Waals surface area contributed by atoms with Gasteiger partial charge in [0.15, 0.2) is 5.78 Å². The summed E-state index contributed by atoms with van der Waals surface area (Å²) in [6.07, 6.45) is 4.97. The first-order valence-corrected chi connectivity index (χ1v) is 8.76. The number of nitrogens with zero attached hydrogens (tertiary/aromatic N) is 1. The van der Waals surface area contributed by atoms with Gasteiger partial charge in [0.1, 0.15) is 4.34 Å².